The van der Waals surface area contributed by atoms with Crippen LogP contribution in [0.1, 0.15) is 12.8 Å². The Morgan fingerprint density at radius 3 is 1.70 bits per heavy atom. The maximum Gasteiger partial charge on any atom is 0.395 e. The summed E-state index contributed by atoms with van der Waals surface area (Å²) in [4.78, 5) is 0. The van der Waals surface area contributed by atoms with Crippen molar-refractivity contribution in [2.75, 3.05) is 6.54 Å². The fourth-order valence-electron chi connectivity index (χ4n) is 0.754. The third-order valence-electron chi connectivity index (χ3n) is 1.85. The van der Waals surface area contributed by atoms with Crippen molar-refractivity contribution in [2.24, 2.45) is 11.1 Å². The SMILES string of the molecule is Cl.NCC1(C(F)(F)F)CC1. The van der Waals surface area contributed by atoms with Crippen molar-refractivity contribution in [3.05, 3.63) is 0 Å². The Kier molecular flexibility index (Phi) is 2.59. The average molecular weight is 176 g/mol. The highest BCUT2D eigenvalue weighted by molar-refractivity contribution is 5.85. The minimum absolute atomic E-state index is 0. The van der Waals surface area contributed by atoms with E-state index in [1.165, 1.54) is 0 Å². The summed E-state index contributed by atoms with van der Waals surface area (Å²) in [5.74, 6) is 0. The van der Waals surface area contributed by atoms with Gasteiger partial charge in [0.25, 0.3) is 0 Å². The van der Waals surface area contributed by atoms with E-state index in [0.717, 1.165) is 0 Å². The molecule has 1 fully saturated rings. The molecule has 2 N–H and O–H groups in total. The molecule has 0 spiro atoms. The lowest BCUT2D eigenvalue weighted by molar-refractivity contribution is -0.183. The number of rotatable bonds is 1. The summed E-state index contributed by atoms with van der Waals surface area (Å²) in [6.45, 7) is -0.253. The molecule has 0 saturated heterocycles. The highest BCUT2D eigenvalue weighted by Crippen LogP contribution is 2.56. The second-order valence-corrected chi connectivity index (χ2v) is 2.48. The third kappa shape index (κ3) is 1.37. The summed E-state index contributed by atoms with van der Waals surface area (Å²) in [6.07, 6.45) is -3.64. The maximum atomic E-state index is 11.8. The summed E-state index contributed by atoms with van der Waals surface area (Å²) < 4.78 is 35.4. The molecule has 0 aliphatic heterocycles. The zero-order chi connectivity index (χ0) is 7.12. The first-order valence-electron chi connectivity index (χ1n) is 2.79. The summed E-state index contributed by atoms with van der Waals surface area (Å²) >= 11 is 0. The van der Waals surface area contributed by atoms with Crippen molar-refractivity contribution >= 4 is 12.4 Å². The first kappa shape index (κ1) is 10.0. The van der Waals surface area contributed by atoms with Crippen LogP contribution in [-0.2, 0) is 0 Å². The van der Waals surface area contributed by atoms with Gasteiger partial charge in [0, 0.05) is 6.54 Å². The van der Waals surface area contributed by atoms with Crippen molar-refractivity contribution in [3.8, 4) is 0 Å². The van der Waals surface area contributed by atoms with E-state index >= 15 is 0 Å². The molecular formula is C5H9ClF3N. The standard InChI is InChI=1S/C5H8F3N.ClH/c6-5(7,8)4(3-9)1-2-4;/h1-3,9H2;1H. The number of hydrogen-bond acceptors (Lipinski definition) is 1. The van der Waals surface area contributed by atoms with E-state index < -0.39 is 11.6 Å². The zero-order valence-electron chi connectivity index (χ0n) is 5.24. The quantitative estimate of drug-likeness (QED) is 0.645. The second kappa shape index (κ2) is 2.58. The molecule has 10 heavy (non-hydrogen) atoms. The van der Waals surface area contributed by atoms with Crippen LogP contribution in [0.2, 0.25) is 0 Å². The van der Waals surface area contributed by atoms with Gasteiger partial charge in [-0.15, -0.1) is 12.4 Å². The Balaban J connectivity index is 0.000000810. The predicted molar refractivity (Wildman–Crippen MR) is 34.0 cm³/mol. The Bertz CT molecular complexity index is 119. The van der Waals surface area contributed by atoms with Gasteiger partial charge in [0.1, 0.15) is 0 Å². The average Bonchev–Trinajstić information content (AvgIpc) is 2.40. The third-order valence-corrected chi connectivity index (χ3v) is 1.85. The van der Waals surface area contributed by atoms with Gasteiger partial charge in [0.05, 0.1) is 5.41 Å². The molecular weight excluding hydrogens is 167 g/mol. The van der Waals surface area contributed by atoms with Crippen molar-refractivity contribution in [1.82, 2.24) is 0 Å². The van der Waals surface area contributed by atoms with Gasteiger partial charge < -0.3 is 5.73 Å². The molecule has 0 atom stereocenters. The molecule has 62 valence electrons. The molecule has 5 heteroatoms. The lowest BCUT2D eigenvalue weighted by Gasteiger charge is -2.15. The van der Waals surface area contributed by atoms with Gasteiger partial charge in [-0.25, -0.2) is 0 Å². The Morgan fingerprint density at radius 2 is 1.70 bits per heavy atom. The van der Waals surface area contributed by atoms with Gasteiger partial charge in [-0.2, -0.15) is 13.2 Å². The number of hydrogen-bond donors (Lipinski definition) is 1. The molecule has 0 heterocycles. The molecule has 0 aromatic heterocycles. The van der Waals surface area contributed by atoms with Crippen molar-refractivity contribution < 1.29 is 13.2 Å². The van der Waals surface area contributed by atoms with Crippen LogP contribution in [0.5, 0.6) is 0 Å². The van der Waals surface area contributed by atoms with E-state index in [1.54, 1.807) is 0 Å². The van der Waals surface area contributed by atoms with Crippen molar-refractivity contribution in [2.45, 2.75) is 19.0 Å². The summed E-state index contributed by atoms with van der Waals surface area (Å²) in [7, 11) is 0. The molecule has 0 amide bonds. The van der Waals surface area contributed by atoms with Crippen molar-refractivity contribution in [1.29, 1.82) is 0 Å². The van der Waals surface area contributed by atoms with Crippen LogP contribution < -0.4 is 5.73 Å². The van der Waals surface area contributed by atoms with Gasteiger partial charge in [-0.3, -0.25) is 0 Å². The lowest BCUT2D eigenvalue weighted by atomic mass is 10.1. The van der Waals surface area contributed by atoms with E-state index in [9.17, 15) is 13.2 Å². The highest BCUT2D eigenvalue weighted by Gasteiger charge is 2.62. The van der Waals surface area contributed by atoms with Gasteiger partial charge in [0.2, 0.25) is 0 Å². The summed E-state index contributed by atoms with van der Waals surface area (Å²) in [5.41, 5.74) is 3.44. The zero-order valence-corrected chi connectivity index (χ0v) is 6.06. The van der Waals surface area contributed by atoms with Crippen LogP contribution in [0.3, 0.4) is 0 Å². The Labute approximate surface area is 63.2 Å². The molecule has 0 radical (unpaired) electrons. The van der Waals surface area contributed by atoms with E-state index in [4.69, 9.17) is 5.73 Å². The first-order chi connectivity index (χ1) is 4.02. The summed E-state index contributed by atoms with van der Waals surface area (Å²) in [6, 6.07) is 0. The predicted octanol–water partition coefficient (Wildman–Crippen LogP) is 1.71. The van der Waals surface area contributed by atoms with Crippen molar-refractivity contribution in [3.63, 3.8) is 0 Å². The smallest absolute Gasteiger partial charge is 0.330 e. The molecule has 1 aliphatic carbocycles. The number of alkyl halides is 3. The molecule has 1 aliphatic rings. The minimum Gasteiger partial charge on any atom is -0.330 e. The fraction of sp³-hybridized carbons (Fsp3) is 1.00. The molecule has 1 nitrogen and oxygen atoms in total. The molecule has 0 aromatic carbocycles. The molecule has 1 saturated carbocycles. The van der Waals surface area contributed by atoms with E-state index in [-0.39, 0.29) is 31.8 Å². The summed E-state index contributed by atoms with van der Waals surface area (Å²) in [5, 5.41) is 0. The van der Waals surface area contributed by atoms with Gasteiger partial charge in [-0.1, -0.05) is 0 Å². The van der Waals surface area contributed by atoms with Crippen LogP contribution in [0, 0.1) is 5.41 Å². The number of halogens is 4. The topological polar surface area (TPSA) is 26.0 Å². The fourth-order valence-corrected chi connectivity index (χ4v) is 0.754. The van der Waals surface area contributed by atoms with Gasteiger partial charge in [0.15, 0.2) is 0 Å². The molecule has 0 bridgehead atoms. The Hall–Kier alpha value is 0.0400. The van der Waals surface area contributed by atoms with Crippen LogP contribution in [0.25, 0.3) is 0 Å². The molecule has 0 unspecified atom stereocenters. The van der Waals surface area contributed by atoms with E-state index in [1.807, 2.05) is 0 Å². The largest absolute Gasteiger partial charge is 0.395 e. The molecule has 0 aromatic rings. The second-order valence-electron chi connectivity index (χ2n) is 2.48. The van der Waals surface area contributed by atoms with Crippen LogP contribution in [0.4, 0.5) is 13.2 Å². The Morgan fingerprint density at radius 1 is 1.30 bits per heavy atom. The van der Waals surface area contributed by atoms with Crippen LogP contribution in [-0.4, -0.2) is 12.7 Å². The molecule has 1 rings (SSSR count). The van der Waals surface area contributed by atoms with Gasteiger partial charge in [-0.05, 0) is 12.8 Å². The maximum absolute atomic E-state index is 11.8. The van der Waals surface area contributed by atoms with Crippen LogP contribution in [0.15, 0.2) is 0 Å². The van der Waals surface area contributed by atoms with E-state index in [2.05, 4.69) is 0 Å². The van der Waals surface area contributed by atoms with Crippen LogP contribution >= 0.6 is 12.4 Å². The normalized spacial score (nSPS) is 21.6. The van der Waals surface area contributed by atoms with E-state index in [0.29, 0.717) is 0 Å². The number of nitrogens with two attached hydrogens (primary N) is 1. The first-order valence-corrected chi connectivity index (χ1v) is 2.79. The monoisotopic (exact) mass is 175 g/mol. The minimum atomic E-state index is -4.07. The lowest BCUT2D eigenvalue weighted by Crippen LogP contribution is -2.31. The van der Waals surface area contributed by atoms with Gasteiger partial charge >= 0.3 is 6.18 Å². The highest BCUT2D eigenvalue weighted by atomic mass is 35.5.